The predicted molar refractivity (Wildman–Crippen MR) is 145 cm³/mol. The Morgan fingerprint density at radius 1 is 0.778 bits per heavy atom. The monoisotopic (exact) mass is 479 g/mol. The zero-order valence-electron chi connectivity index (χ0n) is 20.2. The van der Waals surface area contributed by atoms with Crippen LogP contribution in [0.25, 0.3) is 0 Å². The van der Waals surface area contributed by atoms with Gasteiger partial charge in [0.25, 0.3) is 5.91 Å². The SMILES string of the molecule is CCN(C(=O)c1ccc(NC(=O)CNc2ccccc2OCc2ccccc2)cc1)c1ccccc1. The van der Waals surface area contributed by atoms with Crippen LogP contribution in [0.15, 0.2) is 109 Å². The highest BCUT2D eigenvalue weighted by atomic mass is 16.5. The average Bonchev–Trinajstić information content (AvgIpc) is 2.93. The van der Waals surface area contributed by atoms with Crippen LogP contribution in [0, 0.1) is 0 Å². The van der Waals surface area contributed by atoms with Crippen LogP contribution < -0.4 is 20.3 Å². The summed E-state index contributed by atoms with van der Waals surface area (Å²) in [6.45, 7) is 3.02. The van der Waals surface area contributed by atoms with Crippen LogP contribution in [-0.4, -0.2) is 24.9 Å². The lowest BCUT2D eigenvalue weighted by Gasteiger charge is -2.21. The molecule has 6 nitrogen and oxygen atoms in total. The normalized spacial score (nSPS) is 10.4. The Bertz CT molecular complexity index is 1280. The fourth-order valence-corrected chi connectivity index (χ4v) is 3.76. The first-order chi connectivity index (χ1) is 17.6. The molecule has 0 unspecified atom stereocenters. The number of anilines is 3. The molecule has 0 aromatic heterocycles. The molecule has 4 rings (SSSR count). The summed E-state index contributed by atoms with van der Waals surface area (Å²) < 4.78 is 5.94. The molecule has 0 saturated carbocycles. The first-order valence-corrected chi connectivity index (χ1v) is 11.9. The predicted octanol–water partition coefficient (Wildman–Crippen LogP) is 5.98. The number of hydrogen-bond donors (Lipinski definition) is 2. The van der Waals surface area contributed by atoms with E-state index < -0.39 is 0 Å². The Hall–Kier alpha value is -4.58. The van der Waals surface area contributed by atoms with E-state index in [9.17, 15) is 9.59 Å². The summed E-state index contributed by atoms with van der Waals surface area (Å²) in [6, 6.07) is 33.9. The van der Waals surface area contributed by atoms with Crippen LogP contribution >= 0.6 is 0 Å². The molecule has 0 saturated heterocycles. The molecule has 0 aliphatic carbocycles. The number of benzene rings is 4. The highest BCUT2D eigenvalue weighted by Crippen LogP contribution is 2.24. The molecule has 6 heteroatoms. The number of nitrogens with one attached hydrogen (secondary N) is 2. The van der Waals surface area contributed by atoms with Crippen LogP contribution in [0.1, 0.15) is 22.8 Å². The Balaban J connectivity index is 1.32. The van der Waals surface area contributed by atoms with E-state index in [4.69, 9.17) is 4.74 Å². The third-order valence-electron chi connectivity index (χ3n) is 5.61. The van der Waals surface area contributed by atoms with Gasteiger partial charge < -0.3 is 20.3 Å². The van der Waals surface area contributed by atoms with Gasteiger partial charge in [0.15, 0.2) is 0 Å². The van der Waals surface area contributed by atoms with E-state index in [0.717, 1.165) is 16.9 Å². The third kappa shape index (κ3) is 6.51. The van der Waals surface area contributed by atoms with Crippen molar-refractivity contribution in [2.75, 3.05) is 28.6 Å². The van der Waals surface area contributed by atoms with Gasteiger partial charge in [-0.2, -0.15) is 0 Å². The molecular formula is C30H29N3O3. The van der Waals surface area contributed by atoms with Gasteiger partial charge in [-0.3, -0.25) is 9.59 Å². The summed E-state index contributed by atoms with van der Waals surface area (Å²) in [5.74, 6) is 0.387. The molecule has 0 atom stereocenters. The standard InChI is InChI=1S/C30H29N3O3/c1-2-33(26-13-7-4-8-14-26)30(35)24-17-19-25(20-18-24)32-29(34)21-31-27-15-9-10-16-28(27)36-22-23-11-5-3-6-12-23/h3-20,31H,2,21-22H2,1H3,(H,32,34). The van der Waals surface area contributed by atoms with Gasteiger partial charge in [-0.25, -0.2) is 0 Å². The Morgan fingerprint density at radius 2 is 1.42 bits per heavy atom. The number of nitrogens with zero attached hydrogens (tertiary/aromatic N) is 1. The summed E-state index contributed by atoms with van der Waals surface area (Å²) >= 11 is 0. The largest absolute Gasteiger partial charge is 0.487 e. The van der Waals surface area contributed by atoms with E-state index >= 15 is 0 Å². The summed E-state index contributed by atoms with van der Waals surface area (Å²) in [4.78, 5) is 27.2. The Labute approximate surface area is 211 Å². The number of amides is 2. The van der Waals surface area contributed by atoms with Crippen molar-refractivity contribution in [2.45, 2.75) is 13.5 Å². The molecule has 0 fully saturated rings. The van der Waals surface area contributed by atoms with Crippen LogP contribution in [0.3, 0.4) is 0 Å². The molecular weight excluding hydrogens is 450 g/mol. The lowest BCUT2D eigenvalue weighted by atomic mass is 10.1. The van der Waals surface area contributed by atoms with Crippen molar-refractivity contribution in [3.63, 3.8) is 0 Å². The lowest BCUT2D eigenvalue weighted by molar-refractivity contribution is -0.114. The number of hydrogen-bond acceptors (Lipinski definition) is 4. The topological polar surface area (TPSA) is 70.7 Å². The molecule has 2 N–H and O–H groups in total. The zero-order valence-corrected chi connectivity index (χ0v) is 20.2. The molecule has 2 amide bonds. The minimum atomic E-state index is -0.202. The molecule has 0 spiro atoms. The second-order valence-corrected chi connectivity index (χ2v) is 8.13. The average molecular weight is 480 g/mol. The third-order valence-corrected chi connectivity index (χ3v) is 5.61. The Morgan fingerprint density at radius 3 is 2.11 bits per heavy atom. The van der Waals surface area contributed by atoms with E-state index in [-0.39, 0.29) is 18.4 Å². The lowest BCUT2D eigenvalue weighted by Crippen LogP contribution is -2.30. The Kier molecular flexibility index (Phi) is 8.33. The summed E-state index contributed by atoms with van der Waals surface area (Å²) in [6.07, 6.45) is 0. The summed E-state index contributed by atoms with van der Waals surface area (Å²) in [5.41, 5.74) is 3.83. The first kappa shape index (κ1) is 24.5. The van der Waals surface area contributed by atoms with Gasteiger partial charge in [-0.15, -0.1) is 0 Å². The maximum Gasteiger partial charge on any atom is 0.258 e. The highest BCUT2D eigenvalue weighted by Gasteiger charge is 2.16. The van der Waals surface area contributed by atoms with Crippen LogP contribution in [0.2, 0.25) is 0 Å². The molecule has 0 aliphatic rings. The first-order valence-electron chi connectivity index (χ1n) is 11.9. The van der Waals surface area contributed by atoms with E-state index in [1.807, 2.05) is 91.9 Å². The minimum absolute atomic E-state index is 0.0734. The molecule has 0 aliphatic heterocycles. The molecule has 182 valence electrons. The zero-order chi connectivity index (χ0) is 25.2. The van der Waals surface area contributed by atoms with Gasteiger partial charge in [0.1, 0.15) is 12.4 Å². The molecule has 0 bridgehead atoms. The molecule has 36 heavy (non-hydrogen) atoms. The van der Waals surface area contributed by atoms with Crippen LogP contribution in [-0.2, 0) is 11.4 Å². The highest BCUT2D eigenvalue weighted by molar-refractivity contribution is 6.06. The van der Waals surface area contributed by atoms with E-state index in [2.05, 4.69) is 10.6 Å². The van der Waals surface area contributed by atoms with Gasteiger partial charge in [0.2, 0.25) is 5.91 Å². The quantitative estimate of drug-likeness (QED) is 0.293. The van der Waals surface area contributed by atoms with Crippen molar-refractivity contribution in [1.29, 1.82) is 0 Å². The second kappa shape index (κ2) is 12.2. The van der Waals surface area contributed by atoms with Crippen molar-refractivity contribution < 1.29 is 14.3 Å². The van der Waals surface area contributed by atoms with Gasteiger partial charge in [0, 0.05) is 23.5 Å². The molecule has 4 aromatic rings. The maximum absolute atomic E-state index is 13.0. The number of ether oxygens (including phenoxy) is 1. The number of para-hydroxylation sites is 3. The van der Waals surface area contributed by atoms with Gasteiger partial charge in [0.05, 0.1) is 12.2 Å². The van der Waals surface area contributed by atoms with Crippen LogP contribution in [0.4, 0.5) is 17.1 Å². The van der Waals surface area contributed by atoms with Crippen molar-refractivity contribution in [3.8, 4) is 5.75 Å². The van der Waals surface area contributed by atoms with E-state index in [0.29, 0.717) is 30.2 Å². The van der Waals surface area contributed by atoms with Crippen LogP contribution in [0.5, 0.6) is 5.75 Å². The van der Waals surface area contributed by atoms with Gasteiger partial charge >= 0.3 is 0 Å². The molecule has 4 aromatic carbocycles. The second-order valence-electron chi connectivity index (χ2n) is 8.13. The van der Waals surface area contributed by atoms with E-state index in [1.165, 1.54) is 0 Å². The van der Waals surface area contributed by atoms with Crippen molar-refractivity contribution in [2.24, 2.45) is 0 Å². The van der Waals surface area contributed by atoms with Crippen molar-refractivity contribution in [1.82, 2.24) is 0 Å². The molecule has 0 heterocycles. The van der Waals surface area contributed by atoms with Crippen molar-refractivity contribution >= 4 is 28.9 Å². The van der Waals surface area contributed by atoms with E-state index in [1.54, 1.807) is 29.2 Å². The molecule has 0 radical (unpaired) electrons. The van der Waals surface area contributed by atoms with Gasteiger partial charge in [-0.1, -0.05) is 60.7 Å². The smallest absolute Gasteiger partial charge is 0.258 e. The minimum Gasteiger partial charge on any atom is -0.487 e. The fraction of sp³-hybridized carbons (Fsp3) is 0.133. The maximum atomic E-state index is 13.0. The van der Waals surface area contributed by atoms with Crippen molar-refractivity contribution in [3.05, 3.63) is 120 Å². The number of carbonyl (C=O) groups is 2. The fourth-order valence-electron chi connectivity index (χ4n) is 3.76. The number of carbonyl (C=O) groups excluding carboxylic acids is 2. The van der Waals surface area contributed by atoms with Gasteiger partial charge in [-0.05, 0) is 61.0 Å². The number of rotatable bonds is 10. The summed E-state index contributed by atoms with van der Waals surface area (Å²) in [5, 5.41) is 6.01. The summed E-state index contributed by atoms with van der Waals surface area (Å²) in [7, 11) is 0.